The number of nitrogens with one attached hydrogen (secondary N) is 3. The summed E-state index contributed by atoms with van der Waals surface area (Å²) < 4.78 is 26.5. The molecule has 3 aromatic rings. The van der Waals surface area contributed by atoms with Crippen LogP contribution in [-0.2, 0) is 20.4 Å². The lowest BCUT2D eigenvalue weighted by atomic mass is 9.71. The van der Waals surface area contributed by atoms with Crippen molar-refractivity contribution < 1.29 is 23.1 Å². The molecule has 2 aromatic heterocycles. The zero-order valence-electron chi connectivity index (χ0n) is 23.1. The third kappa shape index (κ3) is 6.97. The van der Waals surface area contributed by atoms with Crippen LogP contribution in [0.4, 0.5) is 10.5 Å². The summed E-state index contributed by atoms with van der Waals surface area (Å²) in [6.07, 6.45) is 6.69. The van der Waals surface area contributed by atoms with Crippen molar-refractivity contribution >= 4 is 39.0 Å². The molecule has 0 aliphatic heterocycles. The molecule has 1 aromatic carbocycles. The van der Waals surface area contributed by atoms with E-state index in [1.165, 1.54) is 0 Å². The Morgan fingerprint density at radius 3 is 2.39 bits per heavy atom. The summed E-state index contributed by atoms with van der Waals surface area (Å²) in [5, 5.41) is 19.1. The molecule has 0 radical (unpaired) electrons. The van der Waals surface area contributed by atoms with E-state index >= 15 is 0 Å². The molecular formula is C30H36N4O5S2. The smallest absolute Gasteiger partial charge is 0.405 e. The molecule has 218 valence electrons. The van der Waals surface area contributed by atoms with Crippen molar-refractivity contribution in [2.24, 2.45) is 5.92 Å². The Morgan fingerprint density at radius 2 is 1.80 bits per heavy atom. The van der Waals surface area contributed by atoms with Crippen LogP contribution in [0.5, 0.6) is 0 Å². The minimum atomic E-state index is -3.22. The average molecular weight is 597 g/mol. The molecule has 5 rings (SSSR count). The predicted octanol–water partition coefficient (Wildman–Crippen LogP) is 5.95. The summed E-state index contributed by atoms with van der Waals surface area (Å²) in [6, 6.07) is 11.8. The summed E-state index contributed by atoms with van der Waals surface area (Å²) in [6.45, 7) is 1.63. The third-order valence-electron chi connectivity index (χ3n) is 8.31. The Labute approximate surface area is 244 Å². The highest BCUT2D eigenvalue weighted by Gasteiger charge is 2.40. The lowest BCUT2D eigenvalue weighted by Crippen LogP contribution is -2.50. The highest BCUT2D eigenvalue weighted by atomic mass is 32.2. The van der Waals surface area contributed by atoms with Gasteiger partial charge < -0.3 is 15.7 Å². The number of amides is 2. The minimum absolute atomic E-state index is 0.0501. The summed E-state index contributed by atoms with van der Waals surface area (Å²) in [7, 11) is -3.22. The number of hydrogen-bond acceptors (Lipinski definition) is 6. The van der Waals surface area contributed by atoms with Gasteiger partial charge in [0.25, 0.3) is 0 Å². The van der Waals surface area contributed by atoms with Crippen molar-refractivity contribution in [1.82, 2.24) is 15.0 Å². The number of aromatic nitrogens is 1. The molecule has 0 saturated heterocycles. The number of sulfonamides is 1. The molecule has 11 heteroatoms. The van der Waals surface area contributed by atoms with Gasteiger partial charge in [0.05, 0.1) is 28.9 Å². The van der Waals surface area contributed by atoms with Gasteiger partial charge in [-0.25, -0.2) is 17.9 Å². The second-order valence-electron chi connectivity index (χ2n) is 11.1. The van der Waals surface area contributed by atoms with Crippen molar-refractivity contribution in [2.75, 3.05) is 11.1 Å². The van der Waals surface area contributed by atoms with Crippen LogP contribution < -0.4 is 15.4 Å². The number of pyridine rings is 1. The van der Waals surface area contributed by atoms with Crippen LogP contribution in [-0.4, -0.2) is 42.3 Å². The fourth-order valence-electron chi connectivity index (χ4n) is 5.86. The maximum absolute atomic E-state index is 12.9. The SMILES string of the molecule is CCS(=O)(=O)NC1CCC(CC(=O)Nc2cnc(-c3ccc(C4(NC(=O)O)CCC4)cc3)c(-c3ccsc3)c2)CC1. The number of carbonyl (C=O) groups is 2. The van der Waals surface area contributed by atoms with Gasteiger partial charge in [-0.3, -0.25) is 9.78 Å². The van der Waals surface area contributed by atoms with Gasteiger partial charge in [-0.2, -0.15) is 11.3 Å². The van der Waals surface area contributed by atoms with E-state index in [4.69, 9.17) is 4.98 Å². The highest BCUT2D eigenvalue weighted by Crippen LogP contribution is 2.42. The zero-order valence-corrected chi connectivity index (χ0v) is 24.7. The first-order valence-corrected chi connectivity index (χ1v) is 16.7. The van der Waals surface area contributed by atoms with Crippen molar-refractivity contribution in [1.29, 1.82) is 0 Å². The van der Waals surface area contributed by atoms with Gasteiger partial charge in [0.2, 0.25) is 15.9 Å². The van der Waals surface area contributed by atoms with Crippen LogP contribution in [0.1, 0.15) is 63.9 Å². The molecule has 41 heavy (non-hydrogen) atoms. The summed E-state index contributed by atoms with van der Waals surface area (Å²) in [4.78, 5) is 29.0. The monoisotopic (exact) mass is 596 g/mol. The fourth-order valence-corrected chi connectivity index (χ4v) is 7.43. The van der Waals surface area contributed by atoms with E-state index in [9.17, 15) is 23.1 Å². The van der Waals surface area contributed by atoms with E-state index in [2.05, 4.69) is 15.4 Å². The molecule has 2 aliphatic carbocycles. The van der Waals surface area contributed by atoms with Crippen LogP contribution in [0.3, 0.4) is 0 Å². The molecule has 2 amide bonds. The molecule has 0 atom stereocenters. The van der Waals surface area contributed by atoms with Crippen molar-refractivity contribution in [3.8, 4) is 22.4 Å². The minimum Gasteiger partial charge on any atom is -0.465 e. The Kier molecular flexibility index (Phi) is 8.77. The molecule has 2 saturated carbocycles. The van der Waals surface area contributed by atoms with Gasteiger partial charge >= 0.3 is 6.09 Å². The van der Waals surface area contributed by atoms with E-state index in [1.54, 1.807) is 24.5 Å². The molecule has 9 nitrogen and oxygen atoms in total. The number of anilines is 1. The molecule has 0 spiro atoms. The topological polar surface area (TPSA) is 137 Å². The highest BCUT2D eigenvalue weighted by molar-refractivity contribution is 7.89. The average Bonchev–Trinajstić information content (AvgIpc) is 3.47. The molecule has 0 bridgehead atoms. The maximum atomic E-state index is 12.9. The van der Waals surface area contributed by atoms with Gasteiger partial charge in [0.1, 0.15) is 0 Å². The molecule has 2 aliphatic rings. The van der Waals surface area contributed by atoms with Gasteiger partial charge in [0.15, 0.2) is 0 Å². The Hall–Kier alpha value is -3.28. The molecule has 0 unspecified atom stereocenters. The summed E-state index contributed by atoms with van der Waals surface area (Å²) >= 11 is 1.59. The number of nitrogens with zero attached hydrogens (tertiary/aromatic N) is 1. The first kappa shape index (κ1) is 29.2. The third-order valence-corrected chi connectivity index (χ3v) is 10.5. The van der Waals surface area contributed by atoms with E-state index in [1.807, 2.05) is 47.2 Å². The van der Waals surface area contributed by atoms with E-state index < -0.39 is 21.7 Å². The van der Waals surface area contributed by atoms with Crippen LogP contribution in [0.15, 0.2) is 53.4 Å². The normalized spacial score (nSPS) is 20.1. The van der Waals surface area contributed by atoms with E-state index in [-0.39, 0.29) is 23.6 Å². The van der Waals surface area contributed by atoms with Crippen LogP contribution in [0, 0.1) is 5.92 Å². The molecule has 2 heterocycles. The number of hydrogen-bond donors (Lipinski definition) is 4. The number of rotatable bonds is 10. The van der Waals surface area contributed by atoms with Gasteiger partial charge in [-0.15, -0.1) is 0 Å². The number of benzene rings is 1. The lowest BCUT2D eigenvalue weighted by molar-refractivity contribution is -0.117. The van der Waals surface area contributed by atoms with Gasteiger partial charge in [-0.1, -0.05) is 24.3 Å². The Bertz CT molecular complexity index is 1480. The molecule has 2 fully saturated rings. The van der Waals surface area contributed by atoms with Gasteiger partial charge in [-0.05, 0) is 91.8 Å². The van der Waals surface area contributed by atoms with Gasteiger partial charge in [0, 0.05) is 23.6 Å². The second-order valence-corrected chi connectivity index (χ2v) is 13.9. The standard InChI is InChI=1S/C30H36N4O5S2/c1-2-41(38,39)34-24-10-4-20(5-11-24)16-27(35)32-25-17-26(22-12-15-40-19-22)28(31-18-25)21-6-8-23(9-7-21)30(13-3-14-30)33-29(36)37/h6-9,12,15,17-20,24,33-34H,2-5,10-11,13-14,16H2,1H3,(H,32,35)(H,36,37). The second kappa shape index (κ2) is 12.3. The lowest BCUT2D eigenvalue weighted by Gasteiger charge is -2.42. The summed E-state index contributed by atoms with van der Waals surface area (Å²) in [5.74, 6) is 0.217. The number of carbonyl (C=O) groups excluding carboxylic acids is 1. The Morgan fingerprint density at radius 1 is 1.07 bits per heavy atom. The van der Waals surface area contributed by atoms with Crippen molar-refractivity contribution in [3.63, 3.8) is 0 Å². The van der Waals surface area contributed by atoms with Crippen LogP contribution in [0.25, 0.3) is 22.4 Å². The predicted molar refractivity (Wildman–Crippen MR) is 161 cm³/mol. The first-order chi connectivity index (χ1) is 19.7. The van der Waals surface area contributed by atoms with Crippen molar-refractivity contribution in [3.05, 3.63) is 58.9 Å². The maximum Gasteiger partial charge on any atom is 0.405 e. The Balaban J connectivity index is 1.27. The largest absolute Gasteiger partial charge is 0.465 e. The van der Waals surface area contributed by atoms with Crippen LogP contribution in [0.2, 0.25) is 0 Å². The van der Waals surface area contributed by atoms with E-state index in [0.29, 0.717) is 12.1 Å². The van der Waals surface area contributed by atoms with Crippen molar-refractivity contribution in [2.45, 2.75) is 69.9 Å². The zero-order chi connectivity index (χ0) is 29.0. The number of thiophene rings is 1. The van der Waals surface area contributed by atoms with Crippen LogP contribution >= 0.6 is 11.3 Å². The van der Waals surface area contributed by atoms with E-state index in [0.717, 1.165) is 72.9 Å². The fraction of sp³-hybridized carbons (Fsp3) is 0.433. The molecule has 4 N–H and O–H groups in total. The molecular weight excluding hydrogens is 560 g/mol. The quantitative estimate of drug-likeness (QED) is 0.228. The first-order valence-electron chi connectivity index (χ1n) is 14.1. The summed E-state index contributed by atoms with van der Waals surface area (Å²) in [5.41, 5.74) is 4.66. The number of carboxylic acid groups (broad SMARTS) is 1.